The molecule has 2 aromatic rings. The van der Waals surface area contributed by atoms with Crippen LogP contribution in [0, 0.1) is 10.1 Å². The van der Waals surface area contributed by atoms with Crippen LogP contribution < -0.4 is 15.8 Å². The number of hydrogen-bond donors (Lipinski definition) is 2. The normalized spacial score (nSPS) is 16.4. The van der Waals surface area contributed by atoms with E-state index in [2.05, 4.69) is 15.8 Å². The molecule has 1 aliphatic rings. The molecule has 0 aliphatic carbocycles. The molecule has 0 radical (unpaired) electrons. The highest BCUT2D eigenvalue weighted by molar-refractivity contribution is 5.98. The molecule has 1 saturated heterocycles. The van der Waals surface area contributed by atoms with Gasteiger partial charge in [0.25, 0.3) is 5.69 Å². The summed E-state index contributed by atoms with van der Waals surface area (Å²) >= 11 is 0. The van der Waals surface area contributed by atoms with Gasteiger partial charge in [-0.2, -0.15) is 0 Å². The van der Waals surface area contributed by atoms with Gasteiger partial charge >= 0.3 is 6.09 Å². The van der Waals surface area contributed by atoms with E-state index in [1.54, 1.807) is 51.1 Å². The summed E-state index contributed by atoms with van der Waals surface area (Å²) in [5.74, 6) is 0.195. The Balaban J connectivity index is 1.66. The van der Waals surface area contributed by atoms with Crippen molar-refractivity contribution in [1.29, 1.82) is 0 Å². The Bertz CT molecular complexity index is 955. The van der Waals surface area contributed by atoms with Gasteiger partial charge in [-0.15, -0.1) is 0 Å². The van der Waals surface area contributed by atoms with Crippen molar-refractivity contribution in [3.63, 3.8) is 0 Å². The summed E-state index contributed by atoms with van der Waals surface area (Å²) in [5, 5.41) is 11.2. The number of ether oxygens (including phenoxy) is 1. The van der Waals surface area contributed by atoms with E-state index in [-0.39, 0.29) is 11.6 Å². The summed E-state index contributed by atoms with van der Waals surface area (Å²) in [6, 6.07) is 9.14. The van der Waals surface area contributed by atoms with Gasteiger partial charge in [0.05, 0.1) is 10.5 Å². The van der Waals surface area contributed by atoms with Crippen LogP contribution >= 0.6 is 0 Å². The van der Waals surface area contributed by atoms with Gasteiger partial charge in [0.1, 0.15) is 17.5 Å². The molecule has 30 heavy (non-hydrogen) atoms. The van der Waals surface area contributed by atoms with E-state index in [1.165, 1.54) is 17.2 Å². The number of pyridine rings is 1. The molecule has 0 bridgehead atoms. The standard InChI is InChI=1S/C20H23N5O5/c1-20(2,3)30-19(27)23-22-15-10-11-24(18(15)26)17-9-8-13(12-21-17)14-6-4-5-7-16(14)25(28)29/h4-9,12,15,22H,10-11H2,1-3H3,(H,23,27)/t15-/m0/s1. The molecule has 1 aromatic carbocycles. The number of nitro benzene ring substituents is 1. The van der Waals surface area contributed by atoms with E-state index >= 15 is 0 Å². The second-order valence-electron chi connectivity index (χ2n) is 7.78. The van der Waals surface area contributed by atoms with E-state index in [4.69, 9.17) is 4.74 Å². The van der Waals surface area contributed by atoms with Crippen molar-refractivity contribution in [2.24, 2.45) is 0 Å². The monoisotopic (exact) mass is 413 g/mol. The molecule has 10 nitrogen and oxygen atoms in total. The van der Waals surface area contributed by atoms with Gasteiger partial charge in [0, 0.05) is 24.4 Å². The Morgan fingerprint density at radius 1 is 1.27 bits per heavy atom. The number of carbonyl (C=O) groups is 2. The lowest BCUT2D eigenvalue weighted by molar-refractivity contribution is -0.384. The van der Waals surface area contributed by atoms with Crippen LogP contribution in [0.5, 0.6) is 0 Å². The van der Waals surface area contributed by atoms with Crippen LogP contribution in [0.3, 0.4) is 0 Å². The van der Waals surface area contributed by atoms with E-state index < -0.39 is 22.7 Å². The fourth-order valence-corrected chi connectivity index (χ4v) is 3.07. The van der Waals surface area contributed by atoms with Crippen LogP contribution in [-0.2, 0) is 9.53 Å². The van der Waals surface area contributed by atoms with Gasteiger partial charge < -0.3 is 4.74 Å². The van der Waals surface area contributed by atoms with Crippen molar-refractivity contribution in [2.75, 3.05) is 11.4 Å². The Hall–Kier alpha value is -3.53. The summed E-state index contributed by atoms with van der Waals surface area (Å²) in [5.41, 5.74) is 5.46. The van der Waals surface area contributed by atoms with Crippen molar-refractivity contribution < 1.29 is 19.2 Å². The first kappa shape index (κ1) is 21.2. The number of carbonyl (C=O) groups excluding carboxylic acids is 2. The maximum absolute atomic E-state index is 12.6. The second-order valence-corrected chi connectivity index (χ2v) is 7.78. The van der Waals surface area contributed by atoms with Gasteiger partial charge in [0.15, 0.2) is 0 Å². The maximum atomic E-state index is 12.6. The molecule has 2 N–H and O–H groups in total. The first-order chi connectivity index (χ1) is 14.2. The molecule has 158 valence electrons. The van der Waals surface area contributed by atoms with Crippen molar-refractivity contribution in [3.8, 4) is 11.1 Å². The highest BCUT2D eigenvalue weighted by Crippen LogP contribution is 2.30. The maximum Gasteiger partial charge on any atom is 0.422 e. The number of nitrogens with one attached hydrogen (secondary N) is 2. The van der Waals surface area contributed by atoms with Crippen molar-refractivity contribution in [3.05, 3.63) is 52.7 Å². The molecular formula is C20H23N5O5. The van der Waals surface area contributed by atoms with E-state index in [0.717, 1.165) is 0 Å². The predicted molar refractivity (Wildman–Crippen MR) is 110 cm³/mol. The minimum Gasteiger partial charge on any atom is -0.443 e. The number of hydrazine groups is 1. The fourth-order valence-electron chi connectivity index (χ4n) is 3.07. The highest BCUT2D eigenvalue weighted by Gasteiger charge is 2.33. The number of hydrogen-bond acceptors (Lipinski definition) is 7. The van der Waals surface area contributed by atoms with Crippen LogP contribution in [0.4, 0.5) is 16.3 Å². The Morgan fingerprint density at radius 3 is 2.63 bits per heavy atom. The van der Waals surface area contributed by atoms with Crippen molar-refractivity contribution in [1.82, 2.24) is 15.8 Å². The molecule has 0 saturated carbocycles. The average Bonchev–Trinajstić information content (AvgIpc) is 3.05. The Morgan fingerprint density at radius 2 is 2.00 bits per heavy atom. The topological polar surface area (TPSA) is 127 Å². The largest absolute Gasteiger partial charge is 0.443 e. The lowest BCUT2D eigenvalue weighted by Gasteiger charge is -2.21. The fraction of sp³-hybridized carbons (Fsp3) is 0.350. The number of nitrogens with zero attached hydrogens (tertiary/aromatic N) is 3. The van der Waals surface area contributed by atoms with Gasteiger partial charge in [-0.05, 0) is 45.4 Å². The van der Waals surface area contributed by atoms with Gasteiger partial charge in [-0.3, -0.25) is 25.2 Å². The number of benzene rings is 1. The number of nitro groups is 1. The zero-order valence-electron chi connectivity index (χ0n) is 16.9. The van der Waals surface area contributed by atoms with Crippen molar-refractivity contribution in [2.45, 2.75) is 38.8 Å². The molecule has 2 heterocycles. The molecule has 0 unspecified atom stereocenters. The summed E-state index contributed by atoms with van der Waals surface area (Å²) in [6.07, 6.45) is 1.31. The first-order valence-electron chi connectivity index (χ1n) is 9.41. The van der Waals surface area contributed by atoms with Crippen LogP contribution in [0.25, 0.3) is 11.1 Å². The third-order valence-corrected chi connectivity index (χ3v) is 4.39. The van der Waals surface area contributed by atoms with Gasteiger partial charge in [-0.1, -0.05) is 12.1 Å². The Kier molecular flexibility index (Phi) is 5.97. The second kappa shape index (κ2) is 8.46. The smallest absolute Gasteiger partial charge is 0.422 e. The van der Waals surface area contributed by atoms with Crippen LogP contribution in [0.15, 0.2) is 42.6 Å². The highest BCUT2D eigenvalue weighted by atomic mass is 16.6. The van der Waals surface area contributed by atoms with E-state index in [0.29, 0.717) is 29.9 Å². The van der Waals surface area contributed by atoms with Crippen LogP contribution in [0.2, 0.25) is 0 Å². The SMILES string of the molecule is CC(C)(C)OC(=O)NN[C@H]1CCN(c2ccc(-c3ccccc3[N+](=O)[O-])cn2)C1=O. The zero-order valence-corrected chi connectivity index (χ0v) is 16.9. The number of aromatic nitrogens is 1. The minimum absolute atomic E-state index is 0.0122. The summed E-state index contributed by atoms with van der Waals surface area (Å²) in [4.78, 5) is 41.0. The summed E-state index contributed by atoms with van der Waals surface area (Å²) < 4.78 is 5.13. The van der Waals surface area contributed by atoms with E-state index in [9.17, 15) is 19.7 Å². The molecule has 1 fully saturated rings. The van der Waals surface area contributed by atoms with Gasteiger partial charge in [0.2, 0.25) is 5.91 Å². The summed E-state index contributed by atoms with van der Waals surface area (Å²) in [7, 11) is 0. The number of anilines is 1. The minimum atomic E-state index is -0.666. The summed E-state index contributed by atoms with van der Waals surface area (Å²) in [6.45, 7) is 5.65. The molecule has 1 aromatic heterocycles. The molecule has 0 spiro atoms. The quantitative estimate of drug-likeness (QED) is 0.570. The van der Waals surface area contributed by atoms with Crippen molar-refractivity contribution >= 4 is 23.5 Å². The third-order valence-electron chi connectivity index (χ3n) is 4.39. The van der Waals surface area contributed by atoms with E-state index in [1.807, 2.05) is 0 Å². The predicted octanol–water partition coefficient (Wildman–Crippen LogP) is 2.79. The number of rotatable bonds is 5. The van der Waals surface area contributed by atoms with Crippen LogP contribution in [-0.4, -0.2) is 40.1 Å². The first-order valence-corrected chi connectivity index (χ1v) is 9.41. The lowest BCUT2D eigenvalue weighted by atomic mass is 10.1. The number of amides is 2. The zero-order chi connectivity index (χ0) is 21.9. The molecule has 2 amide bonds. The average molecular weight is 413 g/mol. The Labute approximate surface area is 173 Å². The van der Waals surface area contributed by atoms with Gasteiger partial charge in [-0.25, -0.2) is 15.2 Å². The molecule has 3 rings (SSSR count). The molecular weight excluding hydrogens is 390 g/mol. The third kappa shape index (κ3) is 4.90. The molecule has 1 aliphatic heterocycles. The number of para-hydroxylation sites is 1. The molecule has 10 heteroatoms. The van der Waals surface area contributed by atoms with Crippen LogP contribution in [0.1, 0.15) is 27.2 Å². The molecule has 1 atom stereocenters. The lowest BCUT2D eigenvalue weighted by Crippen LogP contribution is -2.49.